The van der Waals surface area contributed by atoms with Gasteiger partial charge in [0.25, 0.3) is 0 Å². The summed E-state index contributed by atoms with van der Waals surface area (Å²) in [6, 6.07) is 10.7. The molecule has 1 aromatic heterocycles. The Morgan fingerprint density at radius 3 is 2.61 bits per heavy atom. The van der Waals surface area contributed by atoms with E-state index >= 15 is 0 Å². The predicted molar refractivity (Wildman–Crippen MR) is 142 cm³/mol. The first-order valence-electron chi connectivity index (χ1n) is 10.8. The molecule has 0 saturated carbocycles. The Hall–Kier alpha value is -1.55. The van der Waals surface area contributed by atoms with Crippen molar-refractivity contribution >= 4 is 47.3 Å². The van der Waals surface area contributed by atoms with Crippen LogP contribution in [0.3, 0.4) is 0 Å². The van der Waals surface area contributed by atoms with Gasteiger partial charge in [0.2, 0.25) is 0 Å². The molecule has 0 saturated heterocycles. The first-order chi connectivity index (χ1) is 14.6. The van der Waals surface area contributed by atoms with Gasteiger partial charge in [-0.25, -0.2) is 0 Å². The number of hydrogen-bond acceptors (Lipinski definition) is 4. The number of rotatable bonds is 8. The summed E-state index contributed by atoms with van der Waals surface area (Å²) in [5.74, 6) is 2.64. The van der Waals surface area contributed by atoms with Crippen LogP contribution in [0.25, 0.3) is 5.57 Å². The molecule has 1 aliphatic rings. The largest absolute Gasteiger partial charge is 0.356 e. The third-order valence-electron chi connectivity index (χ3n) is 5.25. The van der Waals surface area contributed by atoms with Crippen LogP contribution in [0.1, 0.15) is 38.1 Å². The Morgan fingerprint density at radius 1 is 1.23 bits per heavy atom. The second kappa shape index (κ2) is 13.1. The highest BCUT2D eigenvalue weighted by molar-refractivity contribution is 14.0. The lowest BCUT2D eigenvalue weighted by atomic mass is 10.00. The monoisotopic (exact) mass is 554 g/mol. The van der Waals surface area contributed by atoms with E-state index in [4.69, 9.17) is 0 Å². The Balaban J connectivity index is 0.00000341. The molecule has 1 N–H and O–H groups in total. The van der Waals surface area contributed by atoms with E-state index in [0.717, 1.165) is 62.4 Å². The molecule has 0 fully saturated rings. The van der Waals surface area contributed by atoms with Crippen molar-refractivity contribution in [3.63, 3.8) is 0 Å². The highest BCUT2D eigenvalue weighted by Gasteiger charge is 2.16. The number of aryl methyl sites for hydroxylation is 1. The maximum Gasteiger partial charge on any atom is 0.193 e. The van der Waals surface area contributed by atoms with Crippen LogP contribution in [-0.2, 0) is 13.0 Å². The van der Waals surface area contributed by atoms with E-state index < -0.39 is 0 Å². The molecule has 1 aliphatic heterocycles. The lowest BCUT2D eigenvalue weighted by Gasteiger charge is -2.29. The van der Waals surface area contributed by atoms with E-state index in [1.165, 1.54) is 11.1 Å². The molecule has 0 radical (unpaired) electrons. The van der Waals surface area contributed by atoms with E-state index in [2.05, 4.69) is 86.5 Å². The average Bonchev–Trinajstić information content (AvgIpc) is 3.15. The van der Waals surface area contributed by atoms with Gasteiger partial charge in [-0.3, -0.25) is 4.99 Å². The van der Waals surface area contributed by atoms with Gasteiger partial charge >= 0.3 is 0 Å². The summed E-state index contributed by atoms with van der Waals surface area (Å²) in [4.78, 5) is 6.81. The van der Waals surface area contributed by atoms with E-state index in [-0.39, 0.29) is 24.0 Å². The summed E-state index contributed by atoms with van der Waals surface area (Å²) >= 11 is 1.67. The van der Waals surface area contributed by atoms with Crippen molar-refractivity contribution in [3.8, 4) is 0 Å². The van der Waals surface area contributed by atoms with Gasteiger partial charge in [0.1, 0.15) is 5.82 Å². The molecule has 2 aromatic rings. The predicted octanol–water partition coefficient (Wildman–Crippen LogP) is 4.57. The van der Waals surface area contributed by atoms with Gasteiger partial charge in [0.05, 0.1) is 0 Å². The molecule has 31 heavy (non-hydrogen) atoms. The van der Waals surface area contributed by atoms with Gasteiger partial charge < -0.3 is 14.8 Å². The van der Waals surface area contributed by atoms with Gasteiger partial charge in [-0.2, -0.15) is 0 Å². The number of halogens is 1. The minimum absolute atomic E-state index is 0. The molecule has 0 bridgehead atoms. The molecule has 0 spiro atoms. The van der Waals surface area contributed by atoms with Crippen molar-refractivity contribution in [1.82, 2.24) is 25.0 Å². The Labute approximate surface area is 208 Å². The number of aliphatic imine (C=N–C) groups is 1. The summed E-state index contributed by atoms with van der Waals surface area (Å²) in [5, 5.41) is 13.3. The summed E-state index contributed by atoms with van der Waals surface area (Å²) in [7, 11) is 1.86. The SMILES string of the molecule is CN=C(NCCCc1nnc(SC)n1CC(C)C)N1CC=C(c2ccccc2)CC1.I. The van der Waals surface area contributed by atoms with Crippen molar-refractivity contribution in [2.75, 3.05) is 32.9 Å². The first kappa shape index (κ1) is 25.7. The van der Waals surface area contributed by atoms with Crippen molar-refractivity contribution in [2.45, 2.75) is 44.8 Å². The third-order valence-corrected chi connectivity index (χ3v) is 5.92. The Bertz CT molecular complexity index is 862. The first-order valence-corrected chi connectivity index (χ1v) is 12.0. The fraction of sp³-hybridized carbons (Fsp3) is 0.522. The van der Waals surface area contributed by atoms with Gasteiger partial charge in [0, 0.05) is 39.6 Å². The third kappa shape index (κ3) is 7.24. The Kier molecular flexibility index (Phi) is 10.9. The lowest BCUT2D eigenvalue weighted by Crippen LogP contribution is -2.43. The molecule has 6 nitrogen and oxygen atoms in total. The fourth-order valence-corrected chi connectivity index (χ4v) is 4.28. The number of nitrogens with zero attached hydrogens (tertiary/aromatic N) is 5. The number of nitrogens with one attached hydrogen (secondary N) is 1. The quantitative estimate of drug-likeness (QED) is 0.170. The van der Waals surface area contributed by atoms with E-state index in [1.54, 1.807) is 11.8 Å². The molecule has 2 heterocycles. The number of aromatic nitrogens is 3. The zero-order valence-corrected chi connectivity index (χ0v) is 22.2. The zero-order valence-electron chi connectivity index (χ0n) is 19.0. The van der Waals surface area contributed by atoms with Gasteiger partial charge in [0.15, 0.2) is 11.1 Å². The fourth-order valence-electron chi connectivity index (χ4n) is 3.76. The minimum Gasteiger partial charge on any atom is -0.356 e. The van der Waals surface area contributed by atoms with Gasteiger partial charge in [-0.1, -0.05) is 62.0 Å². The molecule has 0 unspecified atom stereocenters. The molecular formula is C23H35IN6S. The normalized spacial score (nSPS) is 14.4. The van der Waals surface area contributed by atoms with Gasteiger partial charge in [-0.05, 0) is 36.2 Å². The number of thioether (sulfide) groups is 1. The smallest absolute Gasteiger partial charge is 0.193 e. The van der Waals surface area contributed by atoms with Crippen LogP contribution < -0.4 is 5.32 Å². The summed E-state index contributed by atoms with van der Waals surface area (Å²) < 4.78 is 2.27. The van der Waals surface area contributed by atoms with Crippen molar-refractivity contribution in [2.24, 2.45) is 10.9 Å². The number of hydrogen-bond donors (Lipinski definition) is 1. The molecule has 0 atom stereocenters. The Morgan fingerprint density at radius 2 is 2.00 bits per heavy atom. The highest BCUT2D eigenvalue weighted by Crippen LogP contribution is 2.22. The molecule has 3 rings (SSSR count). The molecule has 8 heteroatoms. The maximum atomic E-state index is 4.49. The van der Waals surface area contributed by atoms with Crippen LogP contribution in [0.15, 0.2) is 46.6 Å². The van der Waals surface area contributed by atoms with Crippen LogP contribution in [0.4, 0.5) is 0 Å². The van der Waals surface area contributed by atoms with E-state index in [0.29, 0.717) is 5.92 Å². The lowest BCUT2D eigenvalue weighted by molar-refractivity contribution is 0.438. The van der Waals surface area contributed by atoms with E-state index in [9.17, 15) is 0 Å². The minimum atomic E-state index is 0. The summed E-state index contributed by atoms with van der Waals surface area (Å²) in [5.41, 5.74) is 2.76. The van der Waals surface area contributed by atoms with Crippen LogP contribution >= 0.6 is 35.7 Å². The molecular weight excluding hydrogens is 519 g/mol. The van der Waals surface area contributed by atoms with Crippen LogP contribution in [0, 0.1) is 5.92 Å². The average molecular weight is 555 g/mol. The topological polar surface area (TPSA) is 58.3 Å². The maximum absolute atomic E-state index is 4.49. The standard InChI is InChI=1S/C23H34N6S.HI/c1-18(2)17-29-21(26-27-23(29)30-4)11-8-14-25-22(24-3)28-15-12-20(13-16-28)19-9-6-5-7-10-19;/h5-7,9-10,12,18H,8,11,13-17H2,1-4H3,(H,24,25);1H. The molecule has 0 aliphatic carbocycles. The van der Waals surface area contributed by atoms with Gasteiger partial charge in [-0.15, -0.1) is 34.2 Å². The van der Waals surface area contributed by atoms with Crippen molar-refractivity contribution in [3.05, 3.63) is 47.8 Å². The van der Waals surface area contributed by atoms with Crippen LogP contribution in [-0.4, -0.2) is 58.6 Å². The van der Waals surface area contributed by atoms with Crippen molar-refractivity contribution < 1.29 is 0 Å². The summed E-state index contributed by atoms with van der Waals surface area (Å²) in [6.07, 6.45) is 7.35. The van der Waals surface area contributed by atoms with Crippen LogP contribution in [0.5, 0.6) is 0 Å². The number of benzene rings is 1. The molecule has 1 aromatic carbocycles. The summed E-state index contributed by atoms with van der Waals surface area (Å²) in [6.45, 7) is 8.19. The second-order valence-electron chi connectivity index (χ2n) is 7.98. The van der Waals surface area contributed by atoms with Crippen LogP contribution in [0.2, 0.25) is 0 Å². The number of guanidine groups is 1. The van der Waals surface area contributed by atoms with Crippen molar-refractivity contribution in [1.29, 1.82) is 0 Å². The highest BCUT2D eigenvalue weighted by atomic mass is 127. The second-order valence-corrected chi connectivity index (χ2v) is 8.75. The molecule has 170 valence electrons. The zero-order chi connectivity index (χ0) is 21.3. The van der Waals surface area contributed by atoms with E-state index in [1.807, 2.05) is 7.05 Å². The molecule has 0 amide bonds.